The largest absolute Gasteiger partial charge is 0.497 e. The molecule has 1 fully saturated rings. The third kappa shape index (κ3) is 3.47. The van der Waals surface area contributed by atoms with Gasteiger partial charge in [-0.25, -0.2) is 4.68 Å². The first-order valence-electron chi connectivity index (χ1n) is 9.74. The zero-order valence-electron chi connectivity index (χ0n) is 16.5. The molecule has 8 heteroatoms. The van der Waals surface area contributed by atoms with Crippen molar-refractivity contribution in [2.24, 2.45) is 0 Å². The van der Waals surface area contributed by atoms with Gasteiger partial charge < -0.3 is 19.4 Å². The van der Waals surface area contributed by atoms with Gasteiger partial charge in [-0.2, -0.15) is 0 Å². The second-order valence-electron chi connectivity index (χ2n) is 7.29. The van der Waals surface area contributed by atoms with Crippen LogP contribution < -0.4 is 9.47 Å². The van der Waals surface area contributed by atoms with Crippen LogP contribution in [-0.4, -0.2) is 51.0 Å². The Morgan fingerprint density at radius 1 is 1.13 bits per heavy atom. The maximum atomic E-state index is 12.8. The highest BCUT2D eigenvalue weighted by Crippen LogP contribution is 2.26. The average molecular weight is 403 g/mol. The van der Waals surface area contributed by atoms with Crippen molar-refractivity contribution in [3.05, 3.63) is 72.2 Å². The second-order valence-corrected chi connectivity index (χ2v) is 7.29. The number of hydrogen-bond acceptors (Lipinski definition) is 5. The molecule has 1 aliphatic rings. The molecule has 1 aliphatic heterocycles. The summed E-state index contributed by atoms with van der Waals surface area (Å²) in [6, 6.07) is 17.3. The lowest BCUT2D eigenvalue weighted by molar-refractivity contribution is 0.0493. The lowest BCUT2D eigenvalue weighted by atomic mass is 10.1. The van der Waals surface area contributed by atoms with Crippen LogP contribution in [0.4, 0.5) is 0 Å². The van der Waals surface area contributed by atoms with Crippen molar-refractivity contribution in [2.75, 3.05) is 20.2 Å². The number of para-hydroxylation sites is 1. The summed E-state index contributed by atoms with van der Waals surface area (Å²) in [4.78, 5) is 17.8. The van der Waals surface area contributed by atoms with Gasteiger partial charge in [0.25, 0.3) is 5.91 Å². The number of benzene rings is 2. The lowest BCUT2D eigenvalue weighted by Gasteiger charge is -2.38. The van der Waals surface area contributed by atoms with E-state index >= 15 is 0 Å². The van der Waals surface area contributed by atoms with E-state index in [0.29, 0.717) is 25.4 Å². The zero-order valence-corrected chi connectivity index (χ0v) is 16.5. The number of carbonyl (C=O) groups excluding carboxylic acids is 1. The van der Waals surface area contributed by atoms with Gasteiger partial charge in [-0.05, 0) is 30.3 Å². The van der Waals surface area contributed by atoms with Crippen LogP contribution in [-0.2, 0) is 6.61 Å². The minimum atomic E-state index is -0.0193. The van der Waals surface area contributed by atoms with E-state index in [0.717, 1.165) is 28.1 Å². The molecule has 152 valence electrons. The van der Waals surface area contributed by atoms with Crippen molar-refractivity contribution in [1.29, 1.82) is 0 Å². The second kappa shape index (κ2) is 7.55. The molecule has 0 atom stereocenters. The van der Waals surface area contributed by atoms with E-state index in [2.05, 4.69) is 15.3 Å². The molecule has 1 saturated heterocycles. The Bertz CT molecular complexity index is 1180. The molecule has 0 aliphatic carbocycles. The maximum Gasteiger partial charge on any atom is 0.270 e. The van der Waals surface area contributed by atoms with E-state index in [-0.39, 0.29) is 11.9 Å². The number of rotatable bonds is 6. The minimum absolute atomic E-state index is 0.0193. The Hall–Kier alpha value is -3.81. The monoisotopic (exact) mass is 403 g/mol. The first kappa shape index (κ1) is 18.2. The van der Waals surface area contributed by atoms with Crippen molar-refractivity contribution in [3.63, 3.8) is 0 Å². The Balaban J connectivity index is 1.19. The third-order valence-electron chi connectivity index (χ3n) is 5.27. The van der Waals surface area contributed by atoms with Gasteiger partial charge in [0.2, 0.25) is 0 Å². The van der Waals surface area contributed by atoms with Crippen LogP contribution in [0.2, 0.25) is 0 Å². The molecule has 0 radical (unpaired) electrons. The van der Waals surface area contributed by atoms with E-state index < -0.39 is 0 Å². The molecule has 5 rings (SSSR count). The Labute approximate surface area is 173 Å². The SMILES string of the molecule is COc1ccc2cc(C(=O)N3CC(n4cc(COc5ccccc5)nn4)C3)[nH]c2c1. The molecule has 3 heterocycles. The summed E-state index contributed by atoms with van der Waals surface area (Å²) in [7, 11) is 1.62. The molecule has 1 N–H and O–H groups in total. The highest BCUT2D eigenvalue weighted by Gasteiger charge is 2.34. The molecule has 0 unspecified atom stereocenters. The van der Waals surface area contributed by atoms with Gasteiger partial charge in [0.1, 0.15) is 29.5 Å². The van der Waals surface area contributed by atoms with Gasteiger partial charge in [-0.15, -0.1) is 5.10 Å². The van der Waals surface area contributed by atoms with E-state index in [1.54, 1.807) is 12.0 Å². The molecule has 8 nitrogen and oxygen atoms in total. The molecule has 0 spiro atoms. The van der Waals surface area contributed by atoms with Crippen LogP contribution in [0.15, 0.2) is 60.8 Å². The summed E-state index contributed by atoms with van der Waals surface area (Å²) in [5.74, 6) is 1.53. The number of fused-ring (bicyclic) bond motifs is 1. The average Bonchev–Trinajstić information content (AvgIpc) is 3.38. The molecule has 4 aromatic rings. The van der Waals surface area contributed by atoms with Crippen LogP contribution in [0.5, 0.6) is 11.5 Å². The Kier molecular flexibility index (Phi) is 4.59. The summed E-state index contributed by atoms with van der Waals surface area (Å²) in [5, 5.41) is 9.35. The highest BCUT2D eigenvalue weighted by atomic mass is 16.5. The van der Waals surface area contributed by atoms with Gasteiger partial charge in [-0.3, -0.25) is 4.79 Å². The number of aromatic nitrogens is 4. The summed E-state index contributed by atoms with van der Waals surface area (Å²) >= 11 is 0. The predicted octanol–water partition coefficient (Wildman–Crippen LogP) is 3.04. The molecule has 2 aromatic carbocycles. The van der Waals surface area contributed by atoms with Crippen molar-refractivity contribution in [1.82, 2.24) is 24.9 Å². The third-order valence-corrected chi connectivity index (χ3v) is 5.27. The smallest absolute Gasteiger partial charge is 0.270 e. The molecule has 2 aromatic heterocycles. The number of ether oxygens (including phenoxy) is 2. The molecule has 30 heavy (non-hydrogen) atoms. The van der Waals surface area contributed by atoms with Gasteiger partial charge in [0.15, 0.2) is 0 Å². The number of aromatic amines is 1. The van der Waals surface area contributed by atoms with Crippen molar-refractivity contribution >= 4 is 16.8 Å². The van der Waals surface area contributed by atoms with Gasteiger partial charge in [0, 0.05) is 30.1 Å². The summed E-state index contributed by atoms with van der Waals surface area (Å²) in [6.07, 6.45) is 1.88. The lowest BCUT2D eigenvalue weighted by Crippen LogP contribution is -2.51. The standard InChI is InChI=1S/C22H21N5O3/c1-29-19-8-7-15-9-21(23-20(15)10-19)22(28)26-12-17(13-26)27-11-16(24-25-27)14-30-18-5-3-2-4-6-18/h2-11,17,23H,12-14H2,1H3. The van der Waals surface area contributed by atoms with E-state index in [1.807, 2.05) is 65.5 Å². The number of nitrogens with zero attached hydrogens (tertiary/aromatic N) is 4. The minimum Gasteiger partial charge on any atom is -0.497 e. The highest BCUT2D eigenvalue weighted by molar-refractivity contribution is 5.98. The number of methoxy groups -OCH3 is 1. The molecule has 1 amide bonds. The fourth-order valence-electron chi connectivity index (χ4n) is 3.54. The molecular weight excluding hydrogens is 382 g/mol. The quantitative estimate of drug-likeness (QED) is 0.535. The van der Waals surface area contributed by atoms with E-state index in [1.165, 1.54) is 0 Å². The van der Waals surface area contributed by atoms with Crippen LogP contribution in [0, 0.1) is 0 Å². The van der Waals surface area contributed by atoms with Crippen LogP contribution >= 0.6 is 0 Å². The molecule has 0 bridgehead atoms. The van der Waals surface area contributed by atoms with Crippen LogP contribution in [0.25, 0.3) is 10.9 Å². The van der Waals surface area contributed by atoms with Crippen LogP contribution in [0.3, 0.4) is 0 Å². The fraction of sp³-hybridized carbons (Fsp3) is 0.227. The summed E-state index contributed by atoms with van der Waals surface area (Å²) in [6.45, 7) is 1.55. The number of H-pyrrole nitrogens is 1. The van der Waals surface area contributed by atoms with Crippen molar-refractivity contribution in [2.45, 2.75) is 12.6 Å². The topological polar surface area (TPSA) is 85.3 Å². The van der Waals surface area contributed by atoms with Crippen LogP contribution in [0.1, 0.15) is 22.2 Å². The Morgan fingerprint density at radius 2 is 1.97 bits per heavy atom. The normalized spacial score (nSPS) is 14.0. The summed E-state index contributed by atoms with van der Waals surface area (Å²) < 4.78 is 12.8. The number of hydrogen-bond donors (Lipinski definition) is 1. The van der Waals surface area contributed by atoms with E-state index in [4.69, 9.17) is 9.47 Å². The van der Waals surface area contributed by atoms with Crippen molar-refractivity contribution < 1.29 is 14.3 Å². The first-order chi connectivity index (χ1) is 14.7. The van der Waals surface area contributed by atoms with E-state index in [9.17, 15) is 4.79 Å². The number of likely N-dealkylation sites (tertiary alicyclic amines) is 1. The Morgan fingerprint density at radius 3 is 2.77 bits per heavy atom. The first-order valence-corrected chi connectivity index (χ1v) is 9.74. The summed E-state index contributed by atoms with van der Waals surface area (Å²) in [5.41, 5.74) is 2.22. The molecule has 0 saturated carbocycles. The van der Waals surface area contributed by atoms with Crippen molar-refractivity contribution in [3.8, 4) is 11.5 Å². The van der Waals surface area contributed by atoms with Gasteiger partial charge in [-0.1, -0.05) is 23.4 Å². The fourth-order valence-corrected chi connectivity index (χ4v) is 3.54. The molecular formula is C22H21N5O3. The van der Waals surface area contributed by atoms with Gasteiger partial charge >= 0.3 is 0 Å². The predicted molar refractivity (Wildman–Crippen MR) is 111 cm³/mol. The zero-order chi connectivity index (χ0) is 20.5. The van der Waals surface area contributed by atoms with Gasteiger partial charge in [0.05, 0.1) is 19.3 Å². The maximum absolute atomic E-state index is 12.8. The number of amides is 1. The number of carbonyl (C=O) groups is 1. The number of nitrogens with one attached hydrogen (secondary N) is 1.